The van der Waals surface area contributed by atoms with Crippen LogP contribution in [0.4, 0.5) is 0 Å². The standard InChI is InChI=1S/C26H34BrN3O4S2/c1-19-15-20(2)18-30(17-19)36(32,33)23-7-8-25(35-22-5-3-21(27)4-6-22)24(16-23)26(31)28-9-10-29-11-13-34-14-12-29/h3-8,16,19-20H,9-15,17-18H2,1-2H3,(H,28,31)/t19-,20-/m0/s1. The molecule has 36 heavy (non-hydrogen) atoms. The third-order valence-electron chi connectivity index (χ3n) is 6.53. The third kappa shape index (κ3) is 7.11. The molecule has 0 aliphatic carbocycles. The average molecular weight is 597 g/mol. The maximum Gasteiger partial charge on any atom is 0.252 e. The van der Waals surface area contributed by atoms with E-state index in [0.29, 0.717) is 50.2 Å². The van der Waals surface area contributed by atoms with Crippen LogP contribution < -0.4 is 5.32 Å². The Bertz CT molecular complexity index is 1140. The van der Waals surface area contributed by atoms with E-state index in [-0.39, 0.29) is 10.8 Å². The van der Waals surface area contributed by atoms with Gasteiger partial charge in [-0.3, -0.25) is 9.69 Å². The number of nitrogens with one attached hydrogen (secondary N) is 1. The van der Waals surface area contributed by atoms with Crippen molar-refractivity contribution in [3.8, 4) is 0 Å². The molecule has 2 atom stereocenters. The molecule has 10 heteroatoms. The van der Waals surface area contributed by atoms with Crippen LogP contribution in [0.2, 0.25) is 0 Å². The number of ether oxygens (including phenoxy) is 1. The van der Waals surface area contributed by atoms with E-state index in [1.807, 2.05) is 24.3 Å². The Balaban J connectivity index is 1.57. The normalized spacial score (nSPS) is 21.9. The number of morpholine rings is 1. The van der Waals surface area contributed by atoms with Crippen LogP contribution in [0.1, 0.15) is 30.6 Å². The van der Waals surface area contributed by atoms with Crippen LogP contribution in [0.3, 0.4) is 0 Å². The lowest BCUT2D eigenvalue weighted by Crippen LogP contribution is -2.42. The van der Waals surface area contributed by atoms with E-state index >= 15 is 0 Å². The molecule has 0 aromatic heterocycles. The molecule has 1 amide bonds. The summed E-state index contributed by atoms with van der Waals surface area (Å²) in [6, 6.07) is 12.8. The van der Waals surface area contributed by atoms with E-state index in [0.717, 1.165) is 40.3 Å². The highest BCUT2D eigenvalue weighted by atomic mass is 79.9. The van der Waals surface area contributed by atoms with Crippen molar-refractivity contribution in [3.05, 3.63) is 52.5 Å². The average Bonchev–Trinajstić information content (AvgIpc) is 2.85. The van der Waals surface area contributed by atoms with Gasteiger partial charge in [0.25, 0.3) is 5.91 Å². The lowest BCUT2D eigenvalue weighted by Gasteiger charge is -2.34. The molecule has 0 bridgehead atoms. The smallest absolute Gasteiger partial charge is 0.252 e. The molecule has 2 heterocycles. The summed E-state index contributed by atoms with van der Waals surface area (Å²) in [6.07, 6.45) is 1.02. The molecule has 2 aromatic rings. The van der Waals surface area contributed by atoms with E-state index in [1.54, 1.807) is 22.5 Å². The van der Waals surface area contributed by atoms with Crippen LogP contribution >= 0.6 is 27.7 Å². The summed E-state index contributed by atoms with van der Waals surface area (Å²) >= 11 is 4.90. The first-order valence-electron chi connectivity index (χ1n) is 12.4. The predicted molar refractivity (Wildman–Crippen MR) is 146 cm³/mol. The minimum absolute atomic E-state index is 0.169. The van der Waals surface area contributed by atoms with Gasteiger partial charge in [-0.15, -0.1) is 0 Å². The largest absolute Gasteiger partial charge is 0.379 e. The van der Waals surface area contributed by atoms with Crippen molar-refractivity contribution in [2.75, 3.05) is 52.5 Å². The number of nitrogens with zero attached hydrogens (tertiary/aromatic N) is 2. The highest BCUT2D eigenvalue weighted by Crippen LogP contribution is 2.34. The molecule has 0 unspecified atom stereocenters. The van der Waals surface area contributed by atoms with Crippen LogP contribution in [0.5, 0.6) is 0 Å². The number of rotatable bonds is 8. The molecule has 0 saturated carbocycles. The Kier molecular flexibility index (Phi) is 9.51. The van der Waals surface area contributed by atoms with Gasteiger partial charge in [-0.25, -0.2) is 8.42 Å². The summed E-state index contributed by atoms with van der Waals surface area (Å²) < 4.78 is 35.0. The summed E-state index contributed by atoms with van der Waals surface area (Å²) in [4.78, 5) is 17.4. The molecular weight excluding hydrogens is 562 g/mol. The van der Waals surface area contributed by atoms with Crippen LogP contribution in [0, 0.1) is 11.8 Å². The lowest BCUT2D eigenvalue weighted by molar-refractivity contribution is 0.0383. The maximum atomic E-state index is 13.5. The Morgan fingerprint density at radius 1 is 1.08 bits per heavy atom. The molecule has 196 valence electrons. The van der Waals surface area contributed by atoms with Crippen LogP contribution in [0.25, 0.3) is 0 Å². The quantitative estimate of drug-likeness (QED) is 0.489. The predicted octanol–water partition coefficient (Wildman–Crippen LogP) is 4.33. The van der Waals surface area contributed by atoms with Crippen molar-refractivity contribution in [2.24, 2.45) is 11.8 Å². The van der Waals surface area contributed by atoms with Gasteiger partial charge in [0.05, 0.1) is 23.7 Å². The summed E-state index contributed by atoms with van der Waals surface area (Å²) in [7, 11) is -3.70. The van der Waals surface area contributed by atoms with Gasteiger partial charge in [-0.1, -0.05) is 41.5 Å². The second-order valence-corrected chi connectivity index (χ2v) is 13.7. The van der Waals surface area contributed by atoms with Crippen LogP contribution in [-0.4, -0.2) is 76.0 Å². The first-order valence-corrected chi connectivity index (χ1v) is 15.4. The molecule has 2 aliphatic heterocycles. The number of carbonyl (C=O) groups excluding carboxylic acids is 1. The number of hydrogen-bond acceptors (Lipinski definition) is 6. The van der Waals surface area contributed by atoms with Gasteiger partial charge in [0.1, 0.15) is 0 Å². The van der Waals surface area contributed by atoms with Crippen molar-refractivity contribution in [1.29, 1.82) is 0 Å². The first-order chi connectivity index (χ1) is 17.2. The van der Waals surface area contributed by atoms with Crippen molar-refractivity contribution >= 4 is 43.6 Å². The minimum atomic E-state index is -3.70. The van der Waals surface area contributed by atoms with Crippen molar-refractivity contribution in [1.82, 2.24) is 14.5 Å². The highest BCUT2D eigenvalue weighted by Gasteiger charge is 2.32. The summed E-state index contributed by atoms with van der Waals surface area (Å²) in [5, 5.41) is 3.00. The Morgan fingerprint density at radius 3 is 2.42 bits per heavy atom. The van der Waals surface area contributed by atoms with Crippen molar-refractivity contribution in [3.63, 3.8) is 0 Å². The number of amides is 1. The number of sulfonamides is 1. The van der Waals surface area contributed by atoms with Gasteiger partial charge >= 0.3 is 0 Å². The van der Waals surface area contributed by atoms with Gasteiger partial charge in [0, 0.05) is 53.5 Å². The molecule has 2 aromatic carbocycles. The zero-order chi connectivity index (χ0) is 25.7. The third-order valence-corrected chi connectivity index (χ3v) is 9.97. The zero-order valence-electron chi connectivity index (χ0n) is 20.8. The molecule has 7 nitrogen and oxygen atoms in total. The molecular formula is C26H34BrN3O4S2. The molecule has 2 fully saturated rings. The number of carbonyl (C=O) groups is 1. The minimum Gasteiger partial charge on any atom is -0.379 e. The van der Waals surface area contributed by atoms with Gasteiger partial charge in [-0.05, 0) is 60.7 Å². The molecule has 2 saturated heterocycles. The fourth-order valence-electron chi connectivity index (χ4n) is 4.76. The molecule has 0 spiro atoms. The molecule has 1 N–H and O–H groups in total. The van der Waals surface area contributed by atoms with Gasteiger partial charge in [-0.2, -0.15) is 4.31 Å². The summed E-state index contributed by atoms with van der Waals surface area (Å²) in [6.45, 7) is 9.50. The van der Waals surface area contributed by atoms with E-state index in [1.165, 1.54) is 11.8 Å². The Morgan fingerprint density at radius 2 is 1.75 bits per heavy atom. The number of halogens is 1. The van der Waals surface area contributed by atoms with Crippen molar-refractivity contribution in [2.45, 2.75) is 35.0 Å². The number of benzene rings is 2. The van der Waals surface area contributed by atoms with Gasteiger partial charge in [0.15, 0.2) is 0 Å². The Hall–Kier alpha value is -1.43. The van der Waals surface area contributed by atoms with Crippen LogP contribution in [-0.2, 0) is 14.8 Å². The second-order valence-electron chi connectivity index (χ2n) is 9.69. The van der Waals surface area contributed by atoms with E-state index in [9.17, 15) is 13.2 Å². The number of hydrogen-bond donors (Lipinski definition) is 1. The van der Waals surface area contributed by atoms with E-state index in [2.05, 4.69) is 40.0 Å². The zero-order valence-corrected chi connectivity index (χ0v) is 24.0. The Labute approximate surface area is 227 Å². The SMILES string of the molecule is C[C@H]1C[C@H](C)CN(S(=O)(=O)c2ccc(Sc3ccc(Br)cc3)c(C(=O)NCCN3CCOCC3)c2)C1. The summed E-state index contributed by atoms with van der Waals surface area (Å²) in [5.41, 5.74) is 0.379. The van der Waals surface area contributed by atoms with E-state index < -0.39 is 10.0 Å². The second kappa shape index (κ2) is 12.4. The van der Waals surface area contributed by atoms with Gasteiger partial charge < -0.3 is 10.1 Å². The topological polar surface area (TPSA) is 79.0 Å². The van der Waals surface area contributed by atoms with Gasteiger partial charge in [0.2, 0.25) is 10.0 Å². The molecule has 0 radical (unpaired) electrons. The monoisotopic (exact) mass is 595 g/mol. The van der Waals surface area contributed by atoms with Crippen molar-refractivity contribution < 1.29 is 17.9 Å². The molecule has 4 rings (SSSR count). The lowest BCUT2D eigenvalue weighted by atomic mass is 9.94. The summed E-state index contributed by atoms with van der Waals surface area (Å²) in [5.74, 6) is 0.345. The van der Waals surface area contributed by atoms with E-state index in [4.69, 9.17) is 4.74 Å². The fraction of sp³-hybridized carbons (Fsp3) is 0.500. The fourth-order valence-corrected chi connectivity index (χ4v) is 7.66. The number of piperidine rings is 1. The van der Waals surface area contributed by atoms with Crippen LogP contribution in [0.15, 0.2) is 61.6 Å². The highest BCUT2D eigenvalue weighted by molar-refractivity contribution is 9.10. The molecule has 2 aliphatic rings. The maximum absolute atomic E-state index is 13.5. The first kappa shape index (κ1) is 27.6.